The van der Waals surface area contributed by atoms with Gasteiger partial charge in [0.2, 0.25) is 0 Å². The zero-order valence-corrected chi connectivity index (χ0v) is 12.6. The summed E-state index contributed by atoms with van der Waals surface area (Å²) in [5, 5.41) is 0.484. The van der Waals surface area contributed by atoms with Gasteiger partial charge in [-0.1, -0.05) is 29.8 Å². The Hall–Kier alpha value is -2.40. The van der Waals surface area contributed by atoms with E-state index in [9.17, 15) is 9.59 Å². The van der Waals surface area contributed by atoms with Crippen LogP contribution in [-0.2, 0) is 9.53 Å². The van der Waals surface area contributed by atoms with E-state index in [1.807, 2.05) is 12.1 Å². The average molecular weight is 317 g/mol. The molecule has 1 unspecified atom stereocenters. The Morgan fingerprint density at radius 3 is 2.77 bits per heavy atom. The highest BCUT2D eigenvalue weighted by Gasteiger charge is 2.39. The Balaban J connectivity index is 2.05. The van der Waals surface area contributed by atoms with E-state index in [0.29, 0.717) is 16.4 Å². The summed E-state index contributed by atoms with van der Waals surface area (Å²) in [6.07, 6.45) is 1.55. The smallest absolute Gasteiger partial charge is 0.307 e. The number of pyridine rings is 1. The molecule has 2 aromatic rings. The van der Waals surface area contributed by atoms with Gasteiger partial charge in [-0.3, -0.25) is 14.5 Å². The lowest BCUT2D eigenvalue weighted by Gasteiger charge is -2.23. The predicted octanol–water partition coefficient (Wildman–Crippen LogP) is 3.00. The topological polar surface area (TPSA) is 59.5 Å². The maximum absolute atomic E-state index is 12.7. The molecule has 0 aliphatic carbocycles. The van der Waals surface area contributed by atoms with Crippen LogP contribution in [0.4, 0.5) is 5.82 Å². The van der Waals surface area contributed by atoms with E-state index in [4.69, 9.17) is 16.3 Å². The first-order chi connectivity index (χ1) is 10.6. The quantitative estimate of drug-likeness (QED) is 0.817. The molecule has 0 saturated heterocycles. The first-order valence-corrected chi connectivity index (χ1v) is 7.10. The van der Waals surface area contributed by atoms with Crippen LogP contribution >= 0.6 is 11.6 Å². The molecule has 0 bridgehead atoms. The zero-order valence-electron chi connectivity index (χ0n) is 11.8. The fourth-order valence-corrected chi connectivity index (χ4v) is 2.72. The number of benzene rings is 1. The lowest BCUT2D eigenvalue weighted by molar-refractivity contribution is -0.141. The number of amides is 1. The Labute approximate surface area is 132 Å². The first kappa shape index (κ1) is 14.5. The van der Waals surface area contributed by atoms with Crippen molar-refractivity contribution in [3.05, 3.63) is 58.7 Å². The summed E-state index contributed by atoms with van der Waals surface area (Å²) >= 11 is 5.85. The molecule has 0 radical (unpaired) electrons. The molecule has 1 aromatic carbocycles. The van der Waals surface area contributed by atoms with Crippen molar-refractivity contribution in [2.45, 2.75) is 12.5 Å². The van der Waals surface area contributed by atoms with Crippen LogP contribution in [0.1, 0.15) is 28.4 Å². The van der Waals surface area contributed by atoms with Crippen LogP contribution in [0.5, 0.6) is 0 Å². The van der Waals surface area contributed by atoms with Gasteiger partial charge in [0.25, 0.3) is 5.91 Å². The minimum atomic E-state index is -0.426. The Morgan fingerprint density at radius 2 is 2.09 bits per heavy atom. The Kier molecular flexibility index (Phi) is 3.81. The third kappa shape index (κ3) is 2.44. The molecule has 2 heterocycles. The van der Waals surface area contributed by atoms with E-state index in [0.717, 1.165) is 5.56 Å². The van der Waals surface area contributed by atoms with Crippen molar-refractivity contribution in [2.24, 2.45) is 0 Å². The molecular formula is C16H13ClN2O3. The molecule has 1 aliphatic rings. The number of hydrogen-bond acceptors (Lipinski definition) is 4. The third-order valence-electron chi connectivity index (χ3n) is 3.63. The van der Waals surface area contributed by atoms with Gasteiger partial charge in [-0.05, 0) is 23.8 Å². The number of rotatable bonds is 3. The van der Waals surface area contributed by atoms with Crippen molar-refractivity contribution in [1.29, 1.82) is 0 Å². The fourth-order valence-electron chi connectivity index (χ4n) is 2.61. The second-order valence-corrected chi connectivity index (χ2v) is 5.33. The highest BCUT2D eigenvalue weighted by Crippen LogP contribution is 2.38. The number of carbonyl (C=O) groups is 2. The monoisotopic (exact) mass is 316 g/mol. The van der Waals surface area contributed by atoms with Crippen LogP contribution in [0.25, 0.3) is 0 Å². The number of methoxy groups -OCH3 is 1. The van der Waals surface area contributed by atoms with Gasteiger partial charge in [-0.25, -0.2) is 4.98 Å². The molecule has 0 spiro atoms. The summed E-state index contributed by atoms with van der Waals surface area (Å²) in [5.74, 6) is -0.104. The molecule has 0 N–H and O–H groups in total. The molecule has 22 heavy (non-hydrogen) atoms. The number of aromatic nitrogens is 1. The second-order valence-electron chi connectivity index (χ2n) is 4.89. The molecule has 6 heteroatoms. The largest absolute Gasteiger partial charge is 0.469 e. The van der Waals surface area contributed by atoms with Crippen LogP contribution in [0, 0.1) is 0 Å². The molecule has 5 nitrogen and oxygen atoms in total. The van der Waals surface area contributed by atoms with Gasteiger partial charge in [0.05, 0.1) is 24.6 Å². The van der Waals surface area contributed by atoms with Crippen molar-refractivity contribution < 1.29 is 14.3 Å². The first-order valence-electron chi connectivity index (χ1n) is 6.72. The van der Waals surface area contributed by atoms with Gasteiger partial charge >= 0.3 is 5.97 Å². The molecule has 112 valence electrons. The summed E-state index contributed by atoms with van der Waals surface area (Å²) < 4.78 is 4.75. The van der Waals surface area contributed by atoms with Crippen LogP contribution in [0.3, 0.4) is 0 Å². The van der Waals surface area contributed by atoms with Gasteiger partial charge in [-0.15, -0.1) is 0 Å². The summed E-state index contributed by atoms with van der Waals surface area (Å²) in [7, 11) is 1.33. The molecule has 0 saturated carbocycles. The van der Waals surface area contributed by atoms with Gasteiger partial charge in [0, 0.05) is 11.8 Å². The highest BCUT2D eigenvalue weighted by atomic mass is 35.5. The van der Waals surface area contributed by atoms with E-state index in [-0.39, 0.29) is 18.3 Å². The van der Waals surface area contributed by atoms with Gasteiger partial charge < -0.3 is 4.74 Å². The molecule has 1 atom stereocenters. The standard InChI is InChI=1S/C16H13ClN2O3/c1-22-15(20)8-13-11-4-2-3-5-12(11)16(21)19(13)14-7-6-10(17)9-18-14/h2-7,9,13H,8H2,1H3. The van der Waals surface area contributed by atoms with E-state index >= 15 is 0 Å². The number of esters is 1. The minimum Gasteiger partial charge on any atom is -0.469 e. The van der Waals surface area contributed by atoms with E-state index in [1.54, 1.807) is 24.3 Å². The van der Waals surface area contributed by atoms with Crippen molar-refractivity contribution in [2.75, 3.05) is 12.0 Å². The summed E-state index contributed by atoms with van der Waals surface area (Å²) in [6, 6.07) is 10.1. The van der Waals surface area contributed by atoms with Crippen molar-refractivity contribution in [3.8, 4) is 0 Å². The summed E-state index contributed by atoms with van der Waals surface area (Å²) in [5.41, 5.74) is 1.38. The molecule has 1 aliphatic heterocycles. The number of fused-ring (bicyclic) bond motifs is 1. The SMILES string of the molecule is COC(=O)CC1c2ccccc2C(=O)N1c1ccc(Cl)cn1. The van der Waals surface area contributed by atoms with Crippen LogP contribution in [0.2, 0.25) is 5.02 Å². The molecule has 1 amide bonds. The molecule has 0 fully saturated rings. The molecule has 3 rings (SSSR count). The number of halogens is 1. The normalized spacial score (nSPS) is 16.5. The maximum Gasteiger partial charge on any atom is 0.307 e. The minimum absolute atomic E-state index is 0.0730. The van der Waals surface area contributed by atoms with E-state index in [1.165, 1.54) is 18.2 Å². The van der Waals surface area contributed by atoms with Gasteiger partial charge in [0.15, 0.2) is 0 Å². The van der Waals surface area contributed by atoms with Crippen molar-refractivity contribution >= 4 is 29.3 Å². The van der Waals surface area contributed by atoms with Crippen molar-refractivity contribution in [1.82, 2.24) is 4.98 Å². The molecule has 1 aromatic heterocycles. The number of ether oxygens (including phenoxy) is 1. The fraction of sp³-hybridized carbons (Fsp3) is 0.188. The Bertz CT molecular complexity index is 730. The zero-order chi connectivity index (χ0) is 15.7. The average Bonchev–Trinajstić information content (AvgIpc) is 2.81. The van der Waals surface area contributed by atoms with Crippen LogP contribution in [-0.4, -0.2) is 24.0 Å². The number of hydrogen-bond donors (Lipinski definition) is 0. The lowest BCUT2D eigenvalue weighted by atomic mass is 10.0. The summed E-state index contributed by atoms with van der Waals surface area (Å²) in [4.78, 5) is 30.1. The molecular weight excluding hydrogens is 304 g/mol. The highest BCUT2D eigenvalue weighted by molar-refractivity contribution is 6.30. The van der Waals surface area contributed by atoms with E-state index in [2.05, 4.69) is 4.98 Å². The van der Waals surface area contributed by atoms with Crippen LogP contribution < -0.4 is 4.90 Å². The number of carbonyl (C=O) groups excluding carboxylic acids is 2. The van der Waals surface area contributed by atoms with Crippen LogP contribution in [0.15, 0.2) is 42.6 Å². The van der Waals surface area contributed by atoms with E-state index < -0.39 is 6.04 Å². The maximum atomic E-state index is 12.7. The number of anilines is 1. The van der Waals surface area contributed by atoms with Gasteiger partial charge in [-0.2, -0.15) is 0 Å². The number of nitrogens with zero attached hydrogens (tertiary/aromatic N) is 2. The lowest BCUT2D eigenvalue weighted by Crippen LogP contribution is -2.30. The second kappa shape index (κ2) is 5.77. The Morgan fingerprint density at radius 1 is 1.32 bits per heavy atom. The third-order valence-corrected chi connectivity index (χ3v) is 3.85. The summed E-state index contributed by atoms with van der Waals surface area (Å²) in [6.45, 7) is 0. The predicted molar refractivity (Wildman–Crippen MR) is 81.9 cm³/mol. The van der Waals surface area contributed by atoms with Gasteiger partial charge in [0.1, 0.15) is 5.82 Å². The van der Waals surface area contributed by atoms with Crippen molar-refractivity contribution in [3.63, 3.8) is 0 Å².